The molecule has 0 saturated carbocycles. The topological polar surface area (TPSA) is 20.2 Å². The zero-order valence-corrected chi connectivity index (χ0v) is 11.0. The van der Waals surface area contributed by atoms with Gasteiger partial charge in [0, 0.05) is 10.6 Å². The minimum Gasteiger partial charge on any atom is -0.384 e. The highest BCUT2D eigenvalue weighted by Crippen LogP contribution is 2.28. The number of hydrogen-bond donors (Lipinski definition) is 1. The lowest BCUT2D eigenvalue weighted by molar-refractivity contribution is 0.214. The van der Waals surface area contributed by atoms with Crippen LogP contribution in [0.25, 0.3) is 0 Å². The summed E-state index contributed by atoms with van der Waals surface area (Å²) in [6.07, 6.45) is -0.970. The maximum absolute atomic E-state index is 13.7. The summed E-state index contributed by atoms with van der Waals surface area (Å²) < 4.78 is 13.7. The van der Waals surface area contributed by atoms with Gasteiger partial charge in [-0.05, 0) is 43.2 Å². The van der Waals surface area contributed by atoms with E-state index >= 15 is 0 Å². The quantitative estimate of drug-likeness (QED) is 0.863. The largest absolute Gasteiger partial charge is 0.384 e. The summed E-state index contributed by atoms with van der Waals surface area (Å²) in [6.45, 7) is 3.71. The smallest absolute Gasteiger partial charge is 0.129 e. The Labute approximate surface area is 111 Å². The minimum atomic E-state index is -0.970. The van der Waals surface area contributed by atoms with Crippen molar-refractivity contribution in [1.82, 2.24) is 0 Å². The predicted molar refractivity (Wildman–Crippen MR) is 71.4 cm³/mol. The first kappa shape index (κ1) is 13.1. The lowest BCUT2D eigenvalue weighted by Crippen LogP contribution is -2.05. The zero-order valence-electron chi connectivity index (χ0n) is 10.2. The number of aryl methyl sites for hydroxylation is 2. The highest BCUT2D eigenvalue weighted by atomic mass is 35.5. The number of aliphatic hydroxyl groups is 1. The van der Waals surface area contributed by atoms with Crippen LogP contribution >= 0.6 is 11.6 Å². The third kappa shape index (κ3) is 2.55. The Balaban J connectivity index is 2.47. The van der Waals surface area contributed by atoms with E-state index in [-0.39, 0.29) is 0 Å². The third-order valence-corrected chi connectivity index (χ3v) is 3.21. The summed E-state index contributed by atoms with van der Waals surface area (Å²) in [6, 6.07) is 9.90. The van der Waals surface area contributed by atoms with Crippen LogP contribution in [0, 0.1) is 19.7 Å². The van der Waals surface area contributed by atoms with E-state index in [2.05, 4.69) is 0 Å². The molecule has 0 aliphatic rings. The van der Waals surface area contributed by atoms with Crippen LogP contribution in [0.1, 0.15) is 28.4 Å². The standard InChI is InChI=1S/C15H14ClFO/c1-9-3-6-14(17)13(7-9)15(18)12-5-4-11(16)8-10(12)2/h3-8,15,18H,1-2H3. The molecule has 0 aliphatic heterocycles. The molecular weight excluding hydrogens is 251 g/mol. The molecule has 0 aromatic heterocycles. The van der Waals surface area contributed by atoms with Crippen molar-refractivity contribution in [2.75, 3.05) is 0 Å². The van der Waals surface area contributed by atoms with Crippen molar-refractivity contribution in [2.45, 2.75) is 20.0 Å². The van der Waals surface area contributed by atoms with E-state index in [1.165, 1.54) is 6.07 Å². The van der Waals surface area contributed by atoms with Crippen LogP contribution in [0.4, 0.5) is 4.39 Å². The zero-order chi connectivity index (χ0) is 13.3. The predicted octanol–water partition coefficient (Wildman–Crippen LogP) is 4.18. The molecule has 2 aromatic carbocycles. The molecule has 0 saturated heterocycles. The van der Waals surface area contributed by atoms with Gasteiger partial charge in [-0.1, -0.05) is 35.4 Å². The molecule has 0 amide bonds. The van der Waals surface area contributed by atoms with Crippen molar-refractivity contribution >= 4 is 11.6 Å². The van der Waals surface area contributed by atoms with E-state index in [9.17, 15) is 9.50 Å². The fourth-order valence-electron chi connectivity index (χ4n) is 1.99. The SMILES string of the molecule is Cc1ccc(F)c(C(O)c2ccc(Cl)cc2C)c1. The Bertz CT molecular complexity index is 581. The van der Waals surface area contributed by atoms with E-state index in [4.69, 9.17) is 11.6 Å². The van der Waals surface area contributed by atoms with Gasteiger partial charge in [0.1, 0.15) is 11.9 Å². The molecule has 0 spiro atoms. The molecule has 1 N–H and O–H groups in total. The monoisotopic (exact) mass is 264 g/mol. The van der Waals surface area contributed by atoms with Gasteiger partial charge in [-0.2, -0.15) is 0 Å². The first-order chi connectivity index (χ1) is 8.49. The second-order valence-electron chi connectivity index (χ2n) is 4.43. The maximum Gasteiger partial charge on any atom is 0.129 e. The fourth-order valence-corrected chi connectivity index (χ4v) is 2.21. The number of rotatable bonds is 2. The van der Waals surface area contributed by atoms with Gasteiger partial charge in [0.2, 0.25) is 0 Å². The van der Waals surface area contributed by atoms with E-state index in [0.717, 1.165) is 11.1 Å². The van der Waals surface area contributed by atoms with Crippen LogP contribution in [0.15, 0.2) is 36.4 Å². The molecule has 18 heavy (non-hydrogen) atoms. The summed E-state index contributed by atoms with van der Waals surface area (Å²) in [5, 5.41) is 10.9. The Morgan fingerprint density at radius 3 is 2.44 bits per heavy atom. The van der Waals surface area contributed by atoms with Gasteiger partial charge < -0.3 is 5.11 Å². The third-order valence-electron chi connectivity index (χ3n) is 2.97. The average molecular weight is 265 g/mol. The summed E-state index contributed by atoms with van der Waals surface area (Å²) in [7, 11) is 0. The molecule has 1 unspecified atom stereocenters. The number of halogens is 2. The van der Waals surface area contributed by atoms with Gasteiger partial charge in [-0.25, -0.2) is 4.39 Å². The van der Waals surface area contributed by atoms with E-state index in [0.29, 0.717) is 16.1 Å². The highest BCUT2D eigenvalue weighted by molar-refractivity contribution is 6.30. The number of hydrogen-bond acceptors (Lipinski definition) is 1. The van der Waals surface area contributed by atoms with Crippen LogP contribution in [-0.2, 0) is 0 Å². The fraction of sp³-hybridized carbons (Fsp3) is 0.200. The van der Waals surface area contributed by atoms with Crippen molar-refractivity contribution in [3.63, 3.8) is 0 Å². The van der Waals surface area contributed by atoms with Crippen LogP contribution in [-0.4, -0.2) is 5.11 Å². The lowest BCUT2D eigenvalue weighted by atomic mass is 9.96. The molecule has 0 fully saturated rings. The molecule has 0 radical (unpaired) electrons. The van der Waals surface area contributed by atoms with Crippen molar-refractivity contribution in [2.24, 2.45) is 0 Å². The normalized spacial score (nSPS) is 12.5. The van der Waals surface area contributed by atoms with Crippen LogP contribution < -0.4 is 0 Å². The van der Waals surface area contributed by atoms with Crippen LogP contribution in [0.3, 0.4) is 0 Å². The van der Waals surface area contributed by atoms with Gasteiger partial charge in [0.25, 0.3) is 0 Å². The first-order valence-electron chi connectivity index (χ1n) is 5.69. The van der Waals surface area contributed by atoms with Gasteiger partial charge in [-0.3, -0.25) is 0 Å². The van der Waals surface area contributed by atoms with E-state index in [1.807, 2.05) is 13.8 Å². The van der Waals surface area contributed by atoms with Crippen molar-refractivity contribution in [1.29, 1.82) is 0 Å². The highest BCUT2D eigenvalue weighted by Gasteiger charge is 2.17. The van der Waals surface area contributed by atoms with Gasteiger partial charge in [-0.15, -0.1) is 0 Å². The van der Waals surface area contributed by atoms with E-state index < -0.39 is 11.9 Å². The van der Waals surface area contributed by atoms with E-state index in [1.54, 1.807) is 30.3 Å². The van der Waals surface area contributed by atoms with Crippen molar-refractivity contribution < 1.29 is 9.50 Å². The van der Waals surface area contributed by atoms with Gasteiger partial charge in [0.05, 0.1) is 0 Å². The van der Waals surface area contributed by atoms with Gasteiger partial charge in [0.15, 0.2) is 0 Å². The molecule has 0 heterocycles. The van der Waals surface area contributed by atoms with Crippen molar-refractivity contribution in [3.05, 3.63) is 69.5 Å². The maximum atomic E-state index is 13.7. The minimum absolute atomic E-state index is 0.292. The number of aliphatic hydroxyl groups excluding tert-OH is 1. The summed E-state index contributed by atoms with van der Waals surface area (Å²) >= 11 is 5.87. The Morgan fingerprint density at radius 1 is 1.06 bits per heavy atom. The molecule has 0 aliphatic carbocycles. The Kier molecular flexibility index (Phi) is 3.69. The molecule has 2 rings (SSSR count). The summed E-state index contributed by atoms with van der Waals surface area (Å²) in [4.78, 5) is 0. The first-order valence-corrected chi connectivity index (χ1v) is 6.07. The van der Waals surface area contributed by atoms with Crippen LogP contribution in [0.5, 0.6) is 0 Å². The second kappa shape index (κ2) is 5.09. The Morgan fingerprint density at radius 2 is 1.78 bits per heavy atom. The van der Waals surface area contributed by atoms with Crippen molar-refractivity contribution in [3.8, 4) is 0 Å². The molecule has 3 heteroatoms. The molecule has 2 aromatic rings. The average Bonchev–Trinajstić information content (AvgIpc) is 2.31. The summed E-state index contributed by atoms with van der Waals surface area (Å²) in [5.74, 6) is -0.401. The molecule has 0 bridgehead atoms. The molecular formula is C15H14ClFO. The lowest BCUT2D eigenvalue weighted by Gasteiger charge is -2.15. The Hall–Kier alpha value is -1.38. The van der Waals surface area contributed by atoms with Crippen LogP contribution in [0.2, 0.25) is 5.02 Å². The number of benzene rings is 2. The van der Waals surface area contributed by atoms with Gasteiger partial charge >= 0.3 is 0 Å². The second-order valence-corrected chi connectivity index (χ2v) is 4.86. The molecule has 94 valence electrons. The molecule has 1 atom stereocenters. The molecule has 1 nitrogen and oxygen atoms in total. The summed E-state index contributed by atoms with van der Waals surface area (Å²) in [5.41, 5.74) is 2.72.